The Bertz CT molecular complexity index is 679. The van der Waals surface area contributed by atoms with E-state index in [9.17, 15) is 13.2 Å². The molecule has 8 heteroatoms. The molecule has 132 valence electrons. The topological polar surface area (TPSA) is 75.7 Å². The third-order valence-corrected chi connectivity index (χ3v) is 6.92. The molecule has 2 heterocycles. The number of carbonyl (C=O) groups is 1. The Hall–Kier alpha value is -0.960. The van der Waals surface area contributed by atoms with E-state index in [1.54, 1.807) is 24.3 Å². The van der Waals surface area contributed by atoms with Crippen molar-refractivity contribution in [2.75, 3.05) is 19.7 Å². The molecule has 6 nitrogen and oxygen atoms in total. The van der Waals surface area contributed by atoms with Gasteiger partial charge in [0, 0.05) is 30.2 Å². The Labute approximate surface area is 150 Å². The van der Waals surface area contributed by atoms with Crippen molar-refractivity contribution in [2.24, 2.45) is 0 Å². The van der Waals surface area contributed by atoms with Crippen LogP contribution in [0.3, 0.4) is 0 Å². The first-order valence-electron chi connectivity index (χ1n) is 8.14. The van der Waals surface area contributed by atoms with Gasteiger partial charge in [0.25, 0.3) is 0 Å². The van der Waals surface area contributed by atoms with Crippen LogP contribution in [0.1, 0.15) is 25.7 Å². The van der Waals surface area contributed by atoms with E-state index in [-0.39, 0.29) is 18.1 Å². The Balaban J connectivity index is 1.56. The number of piperidine rings is 1. The molecule has 1 aromatic carbocycles. The van der Waals surface area contributed by atoms with E-state index in [4.69, 9.17) is 4.74 Å². The average molecular weight is 417 g/mol. The van der Waals surface area contributed by atoms with E-state index in [1.807, 2.05) is 0 Å². The molecule has 2 aliphatic heterocycles. The van der Waals surface area contributed by atoms with Crippen molar-refractivity contribution in [3.8, 4) is 0 Å². The molecule has 1 unspecified atom stereocenters. The first-order valence-corrected chi connectivity index (χ1v) is 10.4. The summed E-state index contributed by atoms with van der Waals surface area (Å²) in [6.07, 6.45) is 2.59. The number of hydrogen-bond acceptors (Lipinski definition) is 4. The van der Waals surface area contributed by atoms with Gasteiger partial charge in [0.2, 0.25) is 15.9 Å². The number of carbonyl (C=O) groups excluding carboxylic acids is 1. The average Bonchev–Trinajstić information content (AvgIpc) is 3.10. The lowest BCUT2D eigenvalue weighted by atomic mass is 10.1. The van der Waals surface area contributed by atoms with E-state index in [0.717, 1.165) is 17.3 Å². The fourth-order valence-corrected chi connectivity index (χ4v) is 4.81. The van der Waals surface area contributed by atoms with Crippen LogP contribution in [0.25, 0.3) is 0 Å². The van der Waals surface area contributed by atoms with Crippen LogP contribution < -0.4 is 5.32 Å². The van der Waals surface area contributed by atoms with Gasteiger partial charge in [-0.3, -0.25) is 4.79 Å². The predicted octanol–water partition coefficient (Wildman–Crippen LogP) is 1.90. The molecule has 24 heavy (non-hydrogen) atoms. The molecule has 1 N–H and O–H groups in total. The third-order valence-electron chi connectivity index (χ3n) is 4.47. The van der Waals surface area contributed by atoms with Crippen LogP contribution >= 0.6 is 15.9 Å². The first kappa shape index (κ1) is 17.8. The summed E-state index contributed by atoms with van der Waals surface area (Å²) in [6.45, 7) is 1.46. The number of rotatable bonds is 4. The minimum atomic E-state index is -3.47. The lowest BCUT2D eigenvalue weighted by molar-refractivity contribution is -0.131. The van der Waals surface area contributed by atoms with E-state index in [0.29, 0.717) is 37.4 Å². The van der Waals surface area contributed by atoms with Crippen LogP contribution in [0.5, 0.6) is 0 Å². The van der Waals surface area contributed by atoms with Gasteiger partial charge >= 0.3 is 0 Å². The fraction of sp³-hybridized carbons (Fsp3) is 0.562. The number of sulfonamides is 1. The van der Waals surface area contributed by atoms with Gasteiger partial charge in [-0.15, -0.1) is 0 Å². The third kappa shape index (κ3) is 3.99. The molecule has 1 atom stereocenters. The van der Waals surface area contributed by atoms with Crippen molar-refractivity contribution in [1.82, 2.24) is 9.62 Å². The summed E-state index contributed by atoms with van der Waals surface area (Å²) in [5, 5.41) is 2.99. The minimum Gasteiger partial charge on any atom is -0.368 e. The van der Waals surface area contributed by atoms with Gasteiger partial charge in [-0.25, -0.2) is 8.42 Å². The van der Waals surface area contributed by atoms with Gasteiger partial charge in [-0.1, -0.05) is 15.9 Å². The number of benzene rings is 1. The van der Waals surface area contributed by atoms with Gasteiger partial charge in [-0.05, 0) is 49.9 Å². The molecule has 0 aromatic heterocycles. The summed E-state index contributed by atoms with van der Waals surface area (Å²) in [4.78, 5) is 12.4. The first-order chi connectivity index (χ1) is 11.5. The quantitative estimate of drug-likeness (QED) is 0.812. The van der Waals surface area contributed by atoms with Gasteiger partial charge in [0.1, 0.15) is 6.10 Å². The Morgan fingerprint density at radius 3 is 2.42 bits per heavy atom. The maximum absolute atomic E-state index is 12.6. The molecule has 0 radical (unpaired) electrons. The summed E-state index contributed by atoms with van der Waals surface area (Å²) < 4.78 is 33.0. The van der Waals surface area contributed by atoms with E-state index in [1.165, 1.54) is 4.31 Å². The highest BCUT2D eigenvalue weighted by atomic mass is 79.9. The minimum absolute atomic E-state index is 0.0121. The van der Waals surface area contributed by atoms with Crippen molar-refractivity contribution in [2.45, 2.75) is 42.7 Å². The molecule has 2 fully saturated rings. The summed E-state index contributed by atoms with van der Waals surface area (Å²) >= 11 is 3.31. The largest absolute Gasteiger partial charge is 0.368 e. The molecule has 0 saturated carbocycles. The molecule has 0 aliphatic carbocycles. The molecule has 1 amide bonds. The molecule has 3 rings (SSSR count). The van der Waals surface area contributed by atoms with Crippen LogP contribution in [0.2, 0.25) is 0 Å². The van der Waals surface area contributed by atoms with Crippen molar-refractivity contribution in [1.29, 1.82) is 0 Å². The Kier molecular flexibility index (Phi) is 5.59. The fourth-order valence-electron chi connectivity index (χ4n) is 3.07. The number of nitrogens with zero attached hydrogens (tertiary/aromatic N) is 1. The molecular weight excluding hydrogens is 396 g/mol. The zero-order chi connectivity index (χ0) is 17.2. The number of nitrogens with one attached hydrogen (secondary N) is 1. The Morgan fingerprint density at radius 2 is 1.83 bits per heavy atom. The standard InChI is InChI=1S/C16H21BrN2O4S/c17-12-3-5-14(6-4-12)24(21,22)19-9-7-13(8-10-19)18-16(20)15-2-1-11-23-15/h3-6,13,15H,1-2,7-11H2,(H,18,20). The predicted molar refractivity (Wildman–Crippen MR) is 93.0 cm³/mol. The Morgan fingerprint density at radius 1 is 1.17 bits per heavy atom. The lowest BCUT2D eigenvalue weighted by Crippen LogP contribution is -2.48. The van der Waals surface area contributed by atoms with Crippen LogP contribution in [-0.4, -0.2) is 50.5 Å². The lowest BCUT2D eigenvalue weighted by Gasteiger charge is -2.32. The van der Waals surface area contributed by atoms with Crippen molar-refractivity contribution >= 4 is 31.9 Å². The second-order valence-electron chi connectivity index (χ2n) is 6.14. The summed E-state index contributed by atoms with van der Waals surface area (Å²) in [5.74, 6) is -0.0679. The molecule has 0 spiro atoms. The van der Waals surface area contributed by atoms with Crippen molar-refractivity contribution in [3.63, 3.8) is 0 Å². The highest BCUT2D eigenvalue weighted by Gasteiger charge is 2.31. The zero-order valence-corrected chi connectivity index (χ0v) is 15.7. The number of halogens is 1. The smallest absolute Gasteiger partial charge is 0.249 e. The molecule has 2 saturated heterocycles. The number of hydrogen-bond donors (Lipinski definition) is 1. The SMILES string of the molecule is O=C(NC1CCN(S(=O)(=O)c2ccc(Br)cc2)CC1)C1CCCO1. The second kappa shape index (κ2) is 7.51. The normalized spacial score (nSPS) is 23.3. The second-order valence-corrected chi connectivity index (χ2v) is 9.00. The van der Waals surface area contributed by atoms with Crippen LogP contribution in [0.15, 0.2) is 33.6 Å². The van der Waals surface area contributed by atoms with Gasteiger partial charge in [0.05, 0.1) is 4.90 Å². The van der Waals surface area contributed by atoms with Gasteiger partial charge < -0.3 is 10.1 Å². The van der Waals surface area contributed by atoms with Crippen LogP contribution in [0.4, 0.5) is 0 Å². The number of amides is 1. The number of ether oxygens (including phenoxy) is 1. The van der Waals surface area contributed by atoms with Gasteiger partial charge in [0.15, 0.2) is 0 Å². The van der Waals surface area contributed by atoms with Crippen LogP contribution in [-0.2, 0) is 19.6 Å². The van der Waals surface area contributed by atoms with Gasteiger partial charge in [-0.2, -0.15) is 4.31 Å². The molecule has 1 aromatic rings. The maximum Gasteiger partial charge on any atom is 0.249 e. The van der Waals surface area contributed by atoms with E-state index in [2.05, 4.69) is 21.2 Å². The molecule has 2 aliphatic rings. The zero-order valence-electron chi connectivity index (χ0n) is 13.3. The van der Waals surface area contributed by atoms with Crippen LogP contribution in [0, 0.1) is 0 Å². The van der Waals surface area contributed by atoms with E-state index < -0.39 is 10.0 Å². The highest BCUT2D eigenvalue weighted by molar-refractivity contribution is 9.10. The van der Waals surface area contributed by atoms with E-state index >= 15 is 0 Å². The monoisotopic (exact) mass is 416 g/mol. The molecular formula is C16H21BrN2O4S. The maximum atomic E-state index is 12.6. The summed E-state index contributed by atoms with van der Waals surface area (Å²) in [6, 6.07) is 6.66. The van der Waals surface area contributed by atoms with Crippen molar-refractivity contribution in [3.05, 3.63) is 28.7 Å². The van der Waals surface area contributed by atoms with Crippen molar-refractivity contribution < 1.29 is 17.9 Å². The highest BCUT2D eigenvalue weighted by Crippen LogP contribution is 2.22. The molecule has 0 bridgehead atoms. The summed E-state index contributed by atoms with van der Waals surface area (Å²) in [5.41, 5.74) is 0. The summed E-state index contributed by atoms with van der Waals surface area (Å²) in [7, 11) is -3.47.